The topological polar surface area (TPSA) is 57.0 Å². The number of esters is 1. The zero-order valence-corrected chi connectivity index (χ0v) is 12.9. The number of nitrogens with zero attached hydrogens (tertiary/aromatic N) is 3. The van der Waals surface area contributed by atoms with Crippen LogP contribution in [-0.4, -0.2) is 32.6 Å². The molecule has 110 valence electrons. The highest BCUT2D eigenvalue weighted by molar-refractivity contribution is 8.00. The van der Waals surface area contributed by atoms with Crippen molar-refractivity contribution in [3.8, 4) is 0 Å². The van der Waals surface area contributed by atoms with Crippen molar-refractivity contribution in [1.82, 2.24) is 14.8 Å². The highest BCUT2D eigenvalue weighted by Crippen LogP contribution is 2.46. The number of rotatable bonds is 7. The van der Waals surface area contributed by atoms with Gasteiger partial charge in [0.1, 0.15) is 11.1 Å². The maximum absolute atomic E-state index is 11.9. The maximum atomic E-state index is 11.9. The Morgan fingerprint density at radius 3 is 2.65 bits per heavy atom. The summed E-state index contributed by atoms with van der Waals surface area (Å²) in [5, 5.41) is 9.43. The highest BCUT2D eigenvalue weighted by atomic mass is 32.2. The monoisotopic (exact) mass is 295 g/mol. The minimum atomic E-state index is -0.177. The Labute approximate surface area is 123 Å². The minimum Gasteiger partial charge on any atom is -0.465 e. The van der Waals surface area contributed by atoms with Gasteiger partial charge in [-0.3, -0.25) is 4.79 Å². The van der Waals surface area contributed by atoms with E-state index in [1.807, 2.05) is 13.8 Å². The van der Waals surface area contributed by atoms with Crippen LogP contribution >= 0.6 is 11.8 Å². The Morgan fingerprint density at radius 2 is 2.10 bits per heavy atom. The second-order valence-electron chi connectivity index (χ2n) is 5.48. The molecule has 0 saturated heterocycles. The molecule has 0 spiro atoms. The van der Waals surface area contributed by atoms with Crippen LogP contribution in [0.2, 0.25) is 0 Å². The van der Waals surface area contributed by atoms with Crippen LogP contribution in [0.3, 0.4) is 0 Å². The van der Waals surface area contributed by atoms with Crippen molar-refractivity contribution in [2.45, 2.75) is 68.3 Å². The quantitative estimate of drug-likeness (QED) is 0.572. The fourth-order valence-corrected chi connectivity index (χ4v) is 3.35. The molecule has 2 aliphatic carbocycles. The Morgan fingerprint density at radius 1 is 1.35 bits per heavy atom. The predicted octanol–water partition coefficient (Wildman–Crippen LogP) is 2.92. The smallest absolute Gasteiger partial charge is 0.319 e. The molecule has 0 radical (unpaired) electrons. The molecule has 0 bridgehead atoms. The van der Waals surface area contributed by atoms with Crippen molar-refractivity contribution in [2.24, 2.45) is 0 Å². The van der Waals surface area contributed by atoms with Gasteiger partial charge in [0.2, 0.25) is 0 Å². The van der Waals surface area contributed by atoms with Gasteiger partial charge >= 0.3 is 5.97 Å². The molecule has 2 saturated carbocycles. The molecule has 0 amide bonds. The molecule has 1 aromatic heterocycles. The van der Waals surface area contributed by atoms with Crippen LogP contribution in [0.5, 0.6) is 0 Å². The third kappa shape index (κ3) is 2.85. The number of carbonyl (C=O) groups excluding carboxylic acids is 1. The fraction of sp³-hybridized carbons (Fsp3) is 0.786. The number of hydrogen-bond donors (Lipinski definition) is 0. The first-order chi connectivity index (χ1) is 9.74. The molecule has 0 aromatic carbocycles. The van der Waals surface area contributed by atoms with Gasteiger partial charge in [-0.15, -0.1) is 10.2 Å². The zero-order chi connectivity index (χ0) is 14.1. The SMILES string of the molecule is CCOC(=O)C(CC)Sc1nnc(C2CC2)n1C1CC1. The van der Waals surface area contributed by atoms with E-state index in [1.165, 1.54) is 37.4 Å². The summed E-state index contributed by atoms with van der Waals surface area (Å²) in [4.78, 5) is 11.9. The first-order valence-corrected chi connectivity index (χ1v) is 8.40. The van der Waals surface area contributed by atoms with E-state index in [0.29, 0.717) is 18.6 Å². The first kappa shape index (κ1) is 13.9. The average Bonchev–Trinajstić information content (AvgIpc) is 3.35. The normalized spacial score (nSPS) is 19.9. The van der Waals surface area contributed by atoms with Crippen molar-refractivity contribution in [3.63, 3.8) is 0 Å². The van der Waals surface area contributed by atoms with E-state index in [1.54, 1.807) is 0 Å². The van der Waals surface area contributed by atoms with E-state index in [-0.39, 0.29) is 11.2 Å². The molecule has 3 rings (SSSR count). The Bertz CT molecular complexity index is 495. The third-order valence-electron chi connectivity index (χ3n) is 3.71. The van der Waals surface area contributed by atoms with E-state index < -0.39 is 0 Å². The Hall–Kier alpha value is -1.04. The lowest BCUT2D eigenvalue weighted by atomic mass is 10.3. The van der Waals surface area contributed by atoms with Gasteiger partial charge in [-0.2, -0.15) is 0 Å². The summed E-state index contributed by atoms with van der Waals surface area (Å²) in [7, 11) is 0. The van der Waals surface area contributed by atoms with Crippen molar-refractivity contribution in [2.75, 3.05) is 6.61 Å². The number of carbonyl (C=O) groups is 1. The zero-order valence-electron chi connectivity index (χ0n) is 12.0. The van der Waals surface area contributed by atoms with E-state index in [4.69, 9.17) is 4.74 Å². The summed E-state index contributed by atoms with van der Waals surface area (Å²) in [6.45, 7) is 4.28. The van der Waals surface area contributed by atoms with Crippen LogP contribution in [0, 0.1) is 0 Å². The number of aromatic nitrogens is 3. The van der Waals surface area contributed by atoms with Gasteiger partial charge in [-0.25, -0.2) is 0 Å². The molecule has 1 atom stereocenters. The summed E-state index contributed by atoms with van der Waals surface area (Å²) in [6, 6.07) is 0.558. The van der Waals surface area contributed by atoms with E-state index in [0.717, 1.165) is 17.4 Å². The largest absolute Gasteiger partial charge is 0.465 e. The number of hydrogen-bond acceptors (Lipinski definition) is 5. The summed E-state index contributed by atoms with van der Waals surface area (Å²) in [6.07, 6.45) is 5.62. The summed E-state index contributed by atoms with van der Waals surface area (Å²) in [5.74, 6) is 1.59. The molecule has 0 N–H and O–H groups in total. The van der Waals surface area contributed by atoms with Crippen molar-refractivity contribution >= 4 is 17.7 Å². The molecule has 2 aliphatic rings. The van der Waals surface area contributed by atoms with Crippen LogP contribution in [0.4, 0.5) is 0 Å². The van der Waals surface area contributed by atoms with Crippen LogP contribution < -0.4 is 0 Å². The van der Waals surface area contributed by atoms with Crippen LogP contribution in [-0.2, 0) is 9.53 Å². The standard InChI is InChI=1S/C14H21N3O2S/c1-3-11(13(18)19-4-2)20-14-16-15-12(9-5-6-9)17(14)10-7-8-10/h9-11H,3-8H2,1-2H3. The average molecular weight is 295 g/mol. The van der Waals surface area contributed by atoms with Gasteiger partial charge in [-0.05, 0) is 39.0 Å². The fourth-order valence-electron chi connectivity index (χ4n) is 2.33. The lowest BCUT2D eigenvalue weighted by Crippen LogP contribution is -2.20. The van der Waals surface area contributed by atoms with Crippen LogP contribution in [0.1, 0.15) is 63.7 Å². The summed E-state index contributed by atoms with van der Waals surface area (Å²) < 4.78 is 7.41. The van der Waals surface area contributed by atoms with Crippen LogP contribution in [0.15, 0.2) is 5.16 Å². The van der Waals surface area contributed by atoms with Crippen molar-refractivity contribution in [3.05, 3.63) is 5.82 Å². The summed E-state index contributed by atoms with van der Waals surface area (Å²) in [5.41, 5.74) is 0. The van der Waals surface area contributed by atoms with Gasteiger partial charge in [0, 0.05) is 12.0 Å². The minimum absolute atomic E-state index is 0.140. The summed E-state index contributed by atoms with van der Waals surface area (Å²) >= 11 is 1.51. The van der Waals surface area contributed by atoms with E-state index >= 15 is 0 Å². The molecule has 5 nitrogen and oxygen atoms in total. The second kappa shape index (κ2) is 5.76. The Kier molecular flexibility index (Phi) is 4.01. The van der Waals surface area contributed by atoms with Crippen molar-refractivity contribution in [1.29, 1.82) is 0 Å². The number of ether oxygens (including phenoxy) is 1. The van der Waals surface area contributed by atoms with Gasteiger partial charge in [0.25, 0.3) is 0 Å². The van der Waals surface area contributed by atoms with Crippen molar-refractivity contribution < 1.29 is 9.53 Å². The molecule has 1 unspecified atom stereocenters. The van der Waals surface area contributed by atoms with E-state index in [9.17, 15) is 4.79 Å². The highest BCUT2D eigenvalue weighted by Gasteiger charge is 2.37. The molecular weight excluding hydrogens is 274 g/mol. The van der Waals surface area contributed by atoms with Gasteiger partial charge in [0.05, 0.1) is 6.61 Å². The number of thioether (sulfide) groups is 1. The van der Waals surface area contributed by atoms with Gasteiger partial charge < -0.3 is 9.30 Å². The lowest BCUT2D eigenvalue weighted by molar-refractivity contribution is -0.142. The maximum Gasteiger partial charge on any atom is 0.319 e. The molecule has 20 heavy (non-hydrogen) atoms. The molecular formula is C14H21N3O2S. The molecule has 1 heterocycles. The molecule has 6 heteroatoms. The predicted molar refractivity (Wildman–Crippen MR) is 76.8 cm³/mol. The molecule has 0 aliphatic heterocycles. The van der Waals surface area contributed by atoms with Crippen LogP contribution in [0.25, 0.3) is 0 Å². The third-order valence-corrected chi connectivity index (χ3v) is 5.01. The Balaban J connectivity index is 1.77. The lowest BCUT2D eigenvalue weighted by Gasteiger charge is -2.14. The van der Waals surface area contributed by atoms with Gasteiger partial charge in [-0.1, -0.05) is 18.7 Å². The second-order valence-corrected chi connectivity index (χ2v) is 6.65. The van der Waals surface area contributed by atoms with E-state index in [2.05, 4.69) is 14.8 Å². The molecule has 1 aromatic rings. The molecule has 2 fully saturated rings. The first-order valence-electron chi connectivity index (χ1n) is 7.52. The van der Waals surface area contributed by atoms with Gasteiger partial charge in [0.15, 0.2) is 5.16 Å².